The zero-order chi connectivity index (χ0) is 21.6. The third-order valence-electron chi connectivity index (χ3n) is 5.89. The molecule has 32 heavy (non-hydrogen) atoms. The molecule has 170 valence electrons. The Morgan fingerprint density at radius 3 is 1.38 bits per heavy atom. The lowest BCUT2D eigenvalue weighted by molar-refractivity contribution is -0.00000610. The molecule has 0 heterocycles. The second kappa shape index (κ2) is 15.6. The fraction of sp³-hybridized carbons (Fsp3) is 0.310. The molecule has 3 heteroatoms. The van der Waals surface area contributed by atoms with Crippen LogP contribution >= 0.6 is 18.9 Å². The molecule has 0 aliphatic carbocycles. The van der Waals surface area contributed by atoms with Gasteiger partial charge in [-0.15, -0.1) is 11.6 Å². The van der Waals surface area contributed by atoms with Gasteiger partial charge in [-0.05, 0) is 55.7 Å². The molecule has 0 aromatic heterocycles. The maximum absolute atomic E-state index is 5.76. The van der Waals surface area contributed by atoms with E-state index in [4.69, 9.17) is 11.6 Å². The summed E-state index contributed by atoms with van der Waals surface area (Å²) in [6, 6.07) is 33.4. The lowest BCUT2D eigenvalue weighted by atomic mass is 10.1. The fourth-order valence-corrected chi connectivity index (χ4v) is 8.45. The Bertz CT molecular complexity index is 784. The summed E-state index contributed by atoms with van der Waals surface area (Å²) in [5, 5.41) is 4.36. The van der Waals surface area contributed by atoms with Crippen molar-refractivity contribution in [3.63, 3.8) is 0 Å². The predicted molar refractivity (Wildman–Crippen MR) is 142 cm³/mol. The second-order valence-electron chi connectivity index (χ2n) is 8.07. The van der Waals surface area contributed by atoms with Crippen molar-refractivity contribution in [1.82, 2.24) is 0 Å². The van der Waals surface area contributed by atoms with Crippen molar-refractivity contribution in [3.05, 3.63) is 103 Å². The summed E-state index contributed by atoms with van der Waals surface area (Å²) in [5.41, 5.74) is 0. The molecule has 0 amide bonds. The predicted octanol–water partition coefficient (Wildman–Crippen LogP) is 4.51. The fourth-order valence-electron chi connectivity index (χ4n) is 4.23. The molecular formula is C29H35ClIP. The monoisotopic (exact) mass is 576 g/mol. The van der Waals surface area contributed by atoms with Gasteiger partial charge in [-0.1, -0.05) is 92.4 Å². The largest absolute Gasteiger partial charge is 1.00 e. The molecule has 3 rings (SSSR count). The van der Waals surface area contributed by atoms with Gasteiger partial charge in [-0.2, -0.15) is 0 Å². The molecule has 0 saturated heterocycles. The van der Waals surface area contributed by atoms with E-state index < -0.39 is 7.26 Å². The topological polar surface area (TPSA) is 0 Å². The van der Waals surface area contributed by atoms with Crippen molar-refractivity contribution in [2.75, 3.05) is 12.0 Å². The van der Waals surface area contributed by atoms with Crippen LogP contribution in [0.3, 0.4) is 0 Å². The molecule has 0 atom stereocenters. The van der Waals surface area contributed by atoms with Crippen molar-refractivity contribution in [3.8, 4) is 0 Å². The summed E-state index contributed by atoms with van der Waals surface area (Å²) in [6.07, 6.45) is 14.8. The molecule has 0 aliphatic heterocycles. The van der Waals surface area contributed by atoms with Crippen LogP contribution in [0.1, 0.15) is 44.9 Å². The Labute approximate surface area is 217 Å². The highest BCUT2D eigenvalue weighted by molar-refractivity contribution is 7.95. The summed E-state index contributed by atoms with van der Waals surface area (Å²) < 4.78 is 0. The van der Waals surface area contributed by atoms with Crippen molar-refractivity contribution in [2.45, 2.75) is 44.9 Å². The van der Waals surface area contributed by atoms with E-state index in [9.17, 15) is 0 Å². The minimum Gasteiger partial charge on any atom is -1.00 e. The number of hydrogen-bond donors (Lipinski definition) is 0. The number of halogens is 2. The first kappa shape index (κ1) is 27.1. The van der Waals surface area contributed by atoms with Crippen LogP contribution < -0.4 is 39.9 Å². The van der Waals surface area contributed by atoms with Gasteiger partial charge >= 0.3 is 0 Å². The normalized spacial score (nSPS) is 11.4. The summed E-state index contributed by atoms with van der Waals surface area (Å²) in [7, 11) is -1.73. The van der Waals surface area contributed by atoms with Gasteiger partial charge in [0, 0.05) is 5.88 Å². The van der Waals surface area contributed by atoms with E-state index in [1.807, 2.05) is 0 Å². The first-order valence-corrected chi connectivity index (χ1v) is 14.1. The second-order valence-corrected chi connectivity index (χ2v) is 12.0. The first-order chi connectivity index (χ1) is 15.4. The highest BCUT2D eigenvalue weighted by atomic mass is 127. The van der Waals surface area contributed by atoms with Crippen LogP contribution in [0.15, 0.2) is 103 Å². The SMILES string of the molecule is ClCCCCCCCCC=CC[P+](c1ccccc1)(c1ccccc1)c1ccccc1.[I-]. The van der Waals surface area contributed by atoms with E-state index >= 15 is 0 Å². The smallest absolute Gasteiger partial charge is 0.115 e. The highest BCUT2D eigenvalue weighted by Crippen LogP contribution is 2.55. The Morgan fingerprint density at radius 2 is 0.938 bits per heavy atom. The Kier molecular flexibility index (Phi) is 13.2. The molecule has 0 radical (unpaired) electrons. The number of unbranched alkanes of at least 4 members (excludes halogenated alkanes) is 6. The van der Waals surface area contributed by atoms with Gasteiger partial charge in [0.15, 0.2) is 0 Å². The van der Waals surface area contributed by atoms with Gasteiger partial charge in [0.1, 0.15) is 23.2 Å². The van der Waals surface area contributed by atoms with Crippen LogP contribution in [-0.2, 0) is 0 Å². The molecule has 0 spiro atoms. The molecule has 0 nitrogen and oxygen atoms in total. The average molecular weight is 577 g/mol. The van der Waals surface area contributed by atoms with Crippen molar-refractivity contribution in [2.24, 2.45) is 0 Å². The first-order valence-electron chi connectivity index (χ1n) is 11.6. The van der Waals surface area contributed by atoms with Crippen LogP contribution in [0.5, 0.6) is 0 Å². The Hall–Kier alpha value is -1.15. The van der Waals surface area contributed by atoms with Gasteiger partial charge in [0.25, 0.3) is 0 Å². The van der Waals surface area contributed by atoms with Gasteiger partial charge in [-0.25, -0.2) is 0 Å². The van der Waals surface area contributed by atoms with Crippen LogP contribution in [-0.4, -0.2) is 12.0 Å². The highest BCUT2D eigenvalue weighted by Gasteiger charge is 2.43. The molecule has 0 N–H and O–H groups in total. The van der Waals surface area contributed by atoms with E-state index in [2.05, 4.69) is 103 Å². The maximum Gasteiger partial charge on any atom is 0.115 e. The summed E-state index contributed by atoms with van der Waals surface area (Å²) in [6.45, 7) is 0. The summed E-state index contributed by atoms with van der Waals surface area (Å²) in [4.78, 5) is 0. The van der Waals surface area contributed by atoms with Crippen molar-refractivity contribution >= 4 is 34.8 Å². The molecule has 0 fully saturated rings. The zero-order valence-corrected chi connectivity index (χ0v) is 22.7. The van der Waals surface area contributed by atoms with E-state index in [0.29, 0.717) is 0 Å². The number of hydrogen-bond acceptors (Lipinski definition) is 0. The van der Waals surface area contributed by atoms with Crippen molar-refractivity contribution in [1.29, 1.82) is 0 Å². The molecule has 0 bridgehead atoms. The molecule has 3 aromatic rings. The lowest BCUT2D eigenvalue weighted by Gasteiger charge is -2.26. The number of benzene rings is 3. The molecule has 0 unspecified atom stereocenters. The maximum atomic E-state index is 5.76. The minimum atomic E-state index is -1.73. The summed E-state index contributed by atoms with van der Waals surface area (Å²) >= 11 is 5.76. The van der Waals surface area contributed by atoms with Crippen molar-refractivity contribution < 1.29 is 24.0 Å². The number of alkyl halides is 1. The summed E-state index contributed by atoms with van der Waals surface area (Å²) in [5.74, 6) is 0.803. The lowest BCUT2D eigenvalue weighted by Crippen LogP contribution is -3.00. The van der Waals surface area contributed by atoms with E-state index in [0.717, 1.165) is 18.5 Å². The van der Waals surface area contributed by atoms with Gasteiger partial charge < -0.3 is 24.0 Å². The molecule has 3 aromatic carbocycles. The minimum absolute atomic E-state index is 0. The molecule has 0 saturated carbocycles. The van der Waals surface area contributed by atoms with Gasteiger partial charge in [0.05, 0.1) is 6.16 Å². The standard InChI is InChI=1S/C29H35ClP.HI/c30-25-17-6-4-2-1-3-5-7-18-26-31(27-19-11-8-12-20-27,28-21-13-9-14-22-28)29-23-15-10-16-24-29;/h7-16,18-24H,1-6,17,25-26H2;1H/q+1;/p-1. The van der Waals surface area contributed by atoms with E-state index in [1.165, 1.54) is 54.4 Å². The third kappa shape index (κ3) is 7.72. The van der Waals surface area contributed by atoms with Gasteiger partial charge in [-0.3, -0.25) is 0 Å². The van der Waals surface area contributed by atoms with Crippen LogP contribution in [0.2, 0.25) is 0 Å². The van der Waals surface area contributed by atoms with Crippen LogP contribution in [0.25, 0.3) is 0 Å². The van der Waals surface area contributed by atoms with E-state index in [1.54, 1.807) is 0 Å². The number of allylic oxidation sites excluding steroid dienone is 2. The van der Waals surface area contributed by atoms with Crippen LogP contribution in [0.4, 0.5) is 0 Å². The zero-order valence-electron chi connectivity index (χ0n) is 18.9. The van der Waals surface area contributed by atoms with E-state index in [-0.39, 0.29) is 24.0 Å². The average Bonchev–Trinajstić information content (AvgIpc) is 2.84. The third-order valence-corrected chi connectivity index (χ3v) is 10.5. The quantitative estimate of drug-likeness (QED) is 0.0924. The number of rotatable bonds is 13. The molecular weight excluding hydrogens is 542 g/mol. The van der Waals surface area contributed by atoms with Crippen LogP contribution in [0, 0.1) is 0 Å². The van der Waals surface area contributed by atoms with Gasteiger partial charge in [0.2, 0.25) is 0 Å². The Balaban J connectivity index is 0.00000363. The Morgan fingerprint density at radius 1 is 0.531 bits per heavy atom. The molecule has 0 aliphatic rings.